The van der Waals surface area contributed by atoms with Crippen molar-refractivity contribution >= 4 is 22.2 Å². The fraction of sp³-hybridized carbons (Fsp3) is 0.444. The summed E-state index contributed by atoms with van der Waals surface area (Å²) >= 11 is 1.56. The smallest absolute Gasteiger partial charge is 0.239 e. The van der Waals surface area contributed by atoms with Crippen LogP contribution >= 0.6 is 11.3 Å². The topological polar surface area (TPSA) is 69.3 Å². The van der Waals surface area contributed by atoms with E-state index in [4.69, 9.17) is 4.42 Å². The zero-order valence-electron chi connectivity index (χ0n) is 14.0. The lowest BCUT2D eigenvalue weighted by Gasteiger charge is -2.17. The molecule has 0 radical (unpaired) electrons. The Morgan fingerprint density at radius 3 is 3.12 bits per heavy atom. The molecule has 0 aromatic carbocycles. The zero-order valence-corrected chi connectivity index (χ0v) is 14.8. The summed E-state index contributed by atoms with van der Waals surface area (Å²) in [6.07, 6.45) is 4.67. The van der Waals surface area contributed by atoms with E-state index in [2.05, 4.69) is 18.3 Å². The number of fused-ring (bicyclic) bond motifs is 1. The molecule has 0 bridgehead atoms. The van der Waals surface area contributed by atoms with Crippen molar-refractivity contribution in [2.75, 3.05) is 18.9 Å². The predicted octanol–water partition coefficient (Wildman–Crippen LogP) is 3.41. The van der Waals surface area contributed by atoms with Crippen LogP contribution in [0.25, 0.3) is 0 Å². The summed E-state index contributed by atoms with van der Waals surface area (Å²) in [5.41, 5.74) is 1.80. The van der Waals surface area contributed by atoms with Gasteiger partial charge in [0.2, 0.25) is 5.91 Å². The highest BCUT2D eigenvalue weighted by molar-refractivity contribution is 7.16. The van der Waals surface area contributed by atoms with E-state index < -0.39 is 0 Å². The highest BCUT2D eigenvalue weighted by Gasteiger charge is 2.24. The molecule has 0 spiro atoms. The lowest BCUT2D eigenvalue weighted by Crippen LogP contribution is -2.29. The number of thiophene rings is 1. The van der Waals surface area contributed by atoms with Gasteiger partial charge in [0.05, 0.1) is 24.9 Å². The number of carbonyl (C=O) groups is 1. The number of likely N-dealkylation sites (N-methyl/N-ethyl adjacent to an activating group) is 1. The molecular weight excluding hydrogens is 322 g/mol. The Morgan fingerprint density at radius 1 is 1.58 bits per heavy atom. The number of nitriles is 1. The van der Waals surface area contributed by atoms with Gasteiger partial charge in [-0.1, -0.05) is 6.92 Å². The van der Waals surface area contributed by atoms with Gasteiger partial charge in [-0.05, 0) is 49.9 Å². The van der Waals surface area contributed by atoms with Crippen LogP contribution in [0.2, 0.25) is 0 Å². The molecule has 1 aliphatic carbocycles. The average Bonchev–Trinajstić information content (AvgIpc) is 3.13. The average molecular weight is 343 g/mol. The number of hydrogen-bond donors (Lipinski definition) is 1. The molecule has 1 aliphatic rings. The number of hydrogen-bond acceptors (Lipinski definition) is 5. The van der Waals surface area contributed by atoms with E-state index in [0.717, 1.165) is 30.6 Å². The summed E-state index contributed by atoms with van der Waals surface area (Å²) in [5.74, 6) is 1.36. The minimum atomic E-state index is -0.104. The van der Waals surface area contributed by atoms with Gasteiger partial charge in [-0.2, -0.15) is 5.26 Å². The molecule has 0 saturated heterocycles. The summed E-state index contributed by atoms with van der Waals surface area (Å²) in [6.45, 7) is 3.06. The Morgan fingerprint density at radius 2 is 2.42 bits per heavy atom. The maximum atomic E-state index is 12.3. The van der Waals surface area contributed by atoms with Gasteiger partial charge in [0, 0.05) is 4.88 Å². The normalized spacial score (nSPS) is 16.7. The van der Waals surface area contributed by atoms with E-state index in [1.807, 2.05) is 24.1 Å². The van der Waals surface area contributed by atoms with Crippen LogP contribution in [-0.2, 0) is 24.2 Å². The first kappa shape index (κ1) is 16.7. The van der Waals surface area contributed by atoms with Crippen molar-refractivity contribution in [2.24, 2.45) is 5.92 Å². The second-order valence-electron chi connectivity index (χ2n) is 6.47. The maximum Gasteiger partial charge on any atom is 0.239 e. The fourth-order valence-corrected chi connectivity index (χ4v) is 4.47. The fourth-order valence-electron chi connectivity index (χ4n) is 3.09. The molecule has 5 nitrogen and oxygen atoms in total. The SMILES string of the molecule is C[C@@H]1CCc2c(sc(NC(=O)CN(C)Cc3ccco3)c2C#N)C1. The summed E-state index contributed by atoms with van der Waals surface area (Å²) in [6, 6.07) is 6.00. The van der Waals surface area contributed by atoms with Crippen molar-refractivity contribution < 1.29 is 9.21 Å². The second-order valence-corrected chi connectivity index (χ2v) is 7.57. The molecule has 1 amide bonds. The third-order valence-electron chi connectivity index (χ3n) is 4.30. The van der Waals surface area contributed by atoms with Gasteiger partial charge in [-0.15, -0.1) is 11.3 Å². The maximum absolute atomic E-state index is 12.3. The van der Waals surface area contributed by atoms with Crippen molar-refractivity contribution in [1.29, 1.82) is 5.26 Å². The van der Waals surface area contributed by atoms with E-state index in [1.54, 1.807) is 17.6 Å². The highest BCUT2D eigenvalue weighted by atomic mass is 32.1. The number of nitrogens with zero attached hydrogens (tertiary/aromatic N) is 2. The van der Waals surface area contributed by atoms with Crippen LogP contribution in [0.1, 0.15) is 35.1 Å². The van der Waals surface area contributed by atoms with Crippen LogP contribution in [0.3, 0.4) is 0 Å². The van der Waals surface area contributed by atoms with E-state index in [1.165, 1.54) is 4.88 Å². The van der Waals surface area contributed by atoms with E-state index >= 15 is 0 Å². The Labute approximate surface area is 145 Å². The van der Waals surface area contributed by atoms with Crippen LogP contribution in [0.15, 0.2) is 22.8 Å². The predicted molar refractivity (Wildman–Crippen MR) is 93.9 cm³/mol. The molecule has 0 fully saturated rings. The molecule has 2 aromatic heterocycles. The monoisotopic (exact) mass is 343 g/mol. The molecule has 126 valence electrons. The molecule has 0 saturated carbocycles. The van der Waals surface area contributed by atoms with Crippen LogP contribution in [-0.4, -0.2) is 24.4 Å². The Bertz CT molecular complexity index is 758. The molecule has 6 heteroatoms. The molecule has 1 N–H and O–H groups in total. The van der Waals surface area contributed by atoms with Crippen LogP contribution < -0.4 is 5.32 Å². The van der Waals surface area contributed by atoms with Gasteiger partial charge >= 0.3 is 0 Å². The number of furan rings is 1. The molecule has 0 aliphatic heterocycles. The van der Waals surface area contributed by atoms with Gasteiger partial charge < -0.3 is 9.73 Å². The third kappa shape index (κ3) is 3.69. The van der Waals surface area contributed by atoms with Gasteiger partial charge in [0.1, 0.15) is 16.8 Å². The largest absolute Gasteiger partial charge is 0.468 e. The van der Waals surface area contributed by atoms with E-state index in [9.17, 15) is 10.1 Å². The molecule has 2 heterocycles. The van der Waals surface area contributed by atoms with Crippen molar-refractivity contribution in [3.63, 3.8) is 0 Å². The first-order valence-electron chi connectivity index (χ1n) is 8.12. The number of carbonyl (C=O) groups excluding carboxylic acids is 1. The zero-order chi connectivity index (χ0) is 17.1. The number of amides is 1. The Balaban J connectivity index is 1.65. The van der Waals surface area contributed by atoms with Gasteiger partial charge in [0.15, 0.2) is 0 Å². The molecule has 3 rings (SSSR count). The first-order valence-corrected chi connectivity index (χ1v) is 8.94. The van der Waals surface area contributed by atoms with Crippen molar-refractivity contribution in [2.45, 2.75) is 32.7 Å². The summed E-state index contributed by atoms with van der Waals surface area (Å²) in [4.78, 5) is 15.4. The van der Waals surface area contributed by atoms with E-state index in [-0.39, 0.29) is 12.5 Å². The van der Waals surface area contributed by atoms with Crippen molar-refractivity contribution in [3.8, 4) is 6.07 Å². The third-order valence-corrected chi connectivity index (χ3v) is 5.47. The van der Waals surface area contributed by atoms with Gasteiger partial charge in [-0.25, -0.2) is 0 Å². The molecule has 0 unspecified atom stereocenters. The minimum absolute atomic E-state index is 0.104. The van der Waals surface area contributed by atoms with Crippen molar-refractivity contribution in [1.82, 2.24) is 4.90 Å². The standard InChI is InChI=1S/C18H21N3O2S/c1-12-5-6-14-15(9-19)18(24-16(14)8-12)20-17(22)11-21(2)10-13-4-3-7-23-13/h3-4,7,12H,5-6,8,10-11H2,1-2H3,(H,20,22)/t12-/m1/s1. The highest BCUT2D eigenvalue weighted by Crippen LogP contribution is 2.39. The quantitative estimate of drug-likeness (QED) is 0.903. The van der Waals surface area contributed by atoms with Crippen LogP contribution in [0.5, 0.6) is 0 Å². The molecule has 2 aromatic rings. The summed E-state index contributed by atoms with van der Waals surface area (Å²) < 4.78 is 5.29. The number of anilines is 1. The van der Waals surface area contributed by atoms with Crippen LogP contribution in [0.4, 0.5) is 5.00 Å². The molecular formula is C18H21N3O2S. The van der Waals surface area contributed by atoms with Crippen LogP contribution in [0, 0.1) is 17.2 Å². The minimum Gasteiger partial charge on any atom is -0.468 e. The lowest BCUT2D eigenvalue weighted by atomic mass is 9.89. The van der Waals surface area contributed by atoms with Crippen molar-refractivity contribution in [3.05, 3.63) is 40.2 Å². The second kappa shape index (κ2) is 7.20. The summed E-state index contributed by atoms with van der Waals surface area (Å²) in [7, 11) is 1.87. The van der Waals surface area contributed by atoms with Gasteiger partial charge in [0.25, 0.3) is 0 Å². The Kier molecular flexibility index (Phi) is 5.03. The summed E-state index contributed by atoms with van der Waals surface area (Å²) in [5, 5.41) is 13.1. The number of nitrogens with one attached hydrogen (secondary N) is 1. The first-order chi connectivity index (χ1) is 11.6. The van der Waals surface area contributed by atoms with E-state index in [0.29, 0.717) is 23.0 Å². The number of rotatable bonds is 5. The molecule has 24 heavy (non-hydrogen) atoms. The molecule has 1 atom stereocenters. The van der Waals surface area contributed by atoms with Gasteiger partial charge in [-0.3, -0.25) is 9.69 Å². The lowest BCUT2D eigenvalue weighted by molar-refractivity contribution is -0.117. The Hall–Kier alpha value is -2.10.